The van der Waals surface area contributed by atoms with Crippen LogP contribution in [0.2, 0.25) is 0 Å². The van der Waals surface area contributed by atoms with Crippen LogP contribution in [0.1, 0.15) is 12.8 Å². The van der Waals surface area contributed by atoms with Gasteiger partial charge in [-0.05, 0) is 18.8 Å². The van der Waals surface area contributed by atoms with E-state index in [0.717, 1.165) is 32.5 Å². The van der Waals surface area contributed by atoms with Crippen LogP contribution in [0.5, 0.6) is 0 Å². The zero-order valence-corrected chi connectivity index (χ0v) is 8.83. The molecule has 3 nitrogen and oxygen atoms in total. The summed E-state index contributed by atoms with van der Waals surface area (Å²) in [6, 6.07) is 0. The molecular weight excluding hydrogens is 178 g/mol. The highest BCUT2D eigenvalue weighted by atomic mass is 16.5. The number of ether oxygens (including phenoxy) is 1. The summed E-state index contributed by atoms with van der Waals surface area (Å²) < 4.78 is 5.18. The molecule has 2 saturated heterocycles. The van der Waals surface area contributed by atoms with Crippen molar-refractivity contribution in [1.29, 1.82) is 0 Å². The van der Waals surface area contributed by atoms with Gasteiger partial charge in [-0.25, -0.2) is 0 Å². The van der Waals surface area contributed by atoms with Gasteiger partial charge in [0.25, 0.3) is 0 Å². The minimum Gasteiger partial charge on any atom is -0.394 e. The van der Waals surface area contributed by atoms with Gasteiger partial charge < -0.3 is 9.84 Å². The molecule has 0 aromatic heterocycles. The highest BCUT2D eigenvalue weighted by Crippen LogP contribution is 2.42. The van der Waals surface area contributed by atoms with E-state index in [9.17, 15) is 5.11 Å². The van der Waals surface area contributed by atoms with E-state index in [1.807, 2.05) is 0 Å². The van der Waals surface area contributed by atoms with E-state index in [-0.39, 0.29) is 12.1 Å². The summed E-state index contributed by atoms with van der Waals surface area (Å²) in [7, 11) is 1.74. The number of hydrogen-bond acceptors (Lipinski definition) is 3. The number of nitrogens with zero attached hydrogens (tertiary/aromatic N) is 1. The van der Waals surface area contributed by atoms with Crippen LogP contribution in [0.4, 0.5) is 0 Å². The van der Waals surface area contributed by atoms with Crippen molar-refractivity contribution in [3.63, 3.8) is 0 Å². The molecule has 2 rings (SSSR count). The Labute approximate surface area is 85.4 Å². The van der Waals surface area contributed by atoms with Gasteiger partial charge in [-0.15, -0.1) is 0 Å². The van der Waals surface area contributed by atoms with E-state index in [4.69, 9.17) is 4.74 Å². The summed E-state index contributed by atoms with van der Waals surface area (Å²) in [4.78, 5) is 2.37. The van der Waals surface area contributed by atoms with Crippen molar-refractivity contribution in [3.05, 3.63) is 12.2 Å². The van der Waals surface area contributed by atoms with Crippen molar-refractivity contribution in [1.82, 2.24) is 4.90 Å². The lowest BCUT2D eigenvalue weighted by molar-refractivity contribution is 0.0994. The molecule has 0 spiro atoms. The normalized spacial score (nSPS) is 37.9. The lowest BCUT2D eigenvalue weighted by atomic mass is 9.90. The number of aliphatic hydroxyl groups is 1. The van der Waals surface area contributed by atoms with Crippen molar-refractivity contribution < 1.29 is 9.84 Å². The molecule has 2 heterocycles. The fraction of sp³-hybridized carbons (Fsp3) is 0.818. The molecule has 0 aromatic rings. The minimum atomic E-state index is 0.000278. The van der Waals surface area contributed by atoms with Crippen LogP contribution in [0.15, 0.2) is 12.2 Å². The van der Waals surface area contributed by atoms with E-state index >= 15 is 0 Å². The average Bonchev–Trinajstić information content (AvgIpc) is 2.58. The maximum Gasteiger partial charge on any atom is 0.0618 e. The fourth-order valence-corrected chi connectivity index (χ4v) is 3.01. The molecule has 3 heteroatoms. The Kier molecular flexibility index (Phi) is 2.64. The molecule has 80 valence electrons. The predicted octanol–water partition coefficient (Wildman–Crippen LogP) is 0.646. The third-order valence-electron chi connectivity index (χ3n) is 3.51. The SMILES string of the molecule is C=C1CN2C[C@@H](COC)C[C@]2(CO)C1. The van der Waals surface area contributed by atoms with Crippen molar-refractivity contribution in [2.24, 2.45) is 5.92 Å². The van der Waals surface area contributed by atoms with Crippen molar-refractivity contribution in [2.45, 2.75) is 18.4 Å². The molecule has 2 fully saturated rings. The van der Waals surface area contributed by atoms with Crippen LogP contribution < -0.4 is 0 Å². The standard InChI is InChI=1S/C11H19NO2/c1-9-3-11(8-13)4-10(7-14-2)6-12(11)5-9/h10,13H,1,3-8H2,2H3/t10-,11-/m0/s1. The van der Waals surface area contributed by atoms with Crippen LogP contribution in [-0.4, -0.2) is 49.0 Å². The molecule has 2 aliphatic rings. The average molecular weight is 197 g/mol. The Balaban J connectivity index is 2.06. The van der Waals surface area contributed by atoms with E-state index in [1.165, 1.54) is 5.57 Å². The predicted molar refractivity (Wildman–Crippen MR) is 55.1 cm³/mol. The molecule has 0 aliphatic carbocycles. The first-order chi connectivity index (χ1) is 6.70. The molecular formula is C11H19NO2. The van der Waals surface area contributed by atoms with Crippen LogP contribution >= 0.6 is 0 Å². The lowest BCUT2D eigenvalue weighted by Crippen LogP contribution is -2.41. The quantitative estimate of drug-likeness (QED) is 0.674. The zero-order valence-electron chi connectivity index (χ0n) is 8.83. The molecule has 0 aromatic carbocycles. The Morgan fingerprint density at radius 2 is 2.50 bits per heavy atom. The number of methoxy groups -OCH3 is 1. The maximum absolute atomic E-state index is 9.51. The van der Waals surface area contributed by atoms with Gasteiger partial charge in [-0.1, -0.05) is 12.2 Å². The third kappa shape index (κ3) is 1.49. The molecule has 1 N–H and O–H groups in total. The molecule has 0 amide bonds. The summed E-state index contributed by atoms with van der Waals surface area (Å²) >= 11 is 0. The summed E-state index contributed by atoms with van der Waals surface area (Å²) in [5, 5.41) is 9.51. The lowest BCUT2D eigenvalue weighted by Gasteiger charge is -2.28. The highest BCUT2D eigenvalue weighted by molar-refractivity contribution is 5.18. The van der Waals surface area contributed by atoms with E-state index in [0.29, 0.717) is 5.92 Å². The summed E-state index contributed by atoms with van der Waals surface area (Å²) in [5.41, 5.74) is 1.26. The van der Waals surface area contributed by atoms with Crippen LogP contribution in [0, 0.1) is 5.92 Å². The van der Waals surface area contributed by atoms with Crippen molar-refractivity contribution >= 4 is 0 Å². The molecule has 0 unspecified atom stereocenters. The summed E-state index contributed by atoms with van der Waals surface area (Å²) in [6.07, 6.45) is 2.01. The van der Waals surface area contributed by atoms with Gasteiger partial charge in [-0.3, -0.25) is 4.90 Å². The van der Waals surface area contributed by atoms with Crippen LogP contribution in [0.3, 0.4) is 0 Å². The van der Waals surface area contributed by atoms with Gasteiger partial charge in [0.1, 0.15) is 0 Å². The number of fused-ring (bicyclic) bond motifs is 1. The van der Waals surface area contributed by atoms with Gasteiger partial charge in [0, 0.05) is 25.7 Å². The van der Waals surface area contributed by atoms with Gasteiger partial charge in [-0.2, -0.15) is 0 Å². The summed E-state index contributed by atoms with van der Waals surface area (Å²) in [5.74, 6) is 0.584. The van der Waals surface area contributed by atoms with Gasteiger partial charge in [0.15, 0.2) is 0 Å². The Bertz CT molecular complexity index is 241. The first-order valence-corrected chi connectivity index (χ1v) is 5.22. The minimum absolute atomic E-state index is 0.000278. The molecule has 2 aliphatic heterocycles. The molecule has 0 saturated carbocycles. The molecule has 14 heavy (non-hydrogen) atoms. The number of aliphatic hydroxyl groups excluding tert-OH is 1. The monoisotopic (exact) mass is 197 g/mol. The third-order valence-corrected chi connectivity index (χ3v) is 3.51. The first kappa shape index (κ1) is 10.1. The Morgan fingerprint density at radius 1 is 1.71 bits per heavy atom. The van der Waals surface area contributed by atoms with Crippen LogP contribution in [0.25, 0.3) is 0 Å². The van der Waals surface area contributed by atoms with E-state index < -0.39 is 0 Å². The highest BCUT2D eigenvalue weighted by Gasteiger charge is 2.48. The fourth-order valence-electron chi connectivity index (χ4n) is 3.01. The van der Waals surface area contributed by atoms with Crippen LogP contribution in [-0.2, 0) is 4.74 Å². The number of hydrogen-bond donors (Lipinski definition) is 1. The maximum atomic E-state index is 9.51. The second-order valence-corrected chi connectivity index (χ2v) is 4.72. The topological polar surface area (TPSA) is 32.7 Å². The second kappa shape index (κ2) is 3.65. The number of rotatable bonds is 3. The van der Waals surface area contributed by atoms with Gasteiger partial charge >= 0.3 is 0 Å². The zero-order chi connectivity index (χ0) is 10.2. The van der Waals surface area contributed by atoms with Crippen molar-refractivity contribution in [2.75, 3.05) is 33.4 Å². The Hall–Kier alpha value is -0.380. The Morgan fingerprint density at radius 3 is 3.07 bits per heavy atom. The second-order valence-electron chi connectivity index (χ2n) is 4.72. The first-order valence-electron chi connectivity index (χ1n) is 5.22. The smallest absolute Gasteiger partial charge is 0.0618 e. The van der Waals surface area contributed by atoms with E-state index in [2.05, 4.69) is 11.5 Å². The van der Waals surface area contributed by atoms with Gasteiger partial charge in [0.2, 0.25) is 0 Å². The van der Waals surface area contributed by atoms with Gasteiger partial charge in [0.05, 0.1) is 13.2 Å². The molecule has 0 radical (unpaired) electrons. The van der Waals surface area contributed by atoms with E-state index in [1.54, 1.807) is 7.11 Å². The molecule has 0 bridgehead atoms. The largest absolute Gasteiger partial charge is 0.394 e. The summed E-state index contributed by atoms with van der Waals surface area (Å²) in [6.45, 7) is 7.09. The molecule has 2 atom stereocenters. The van der Waals surface area contributed by atoms with Crippen molar-refractivity contribution in [3.8, 4) is 0 Å².